The van der Waals surface area contributed by atoms with Gasteiger partial charge in [-0.2, -0.15) is 4.89 Å². The van der Waals surface area contributed by atoms with E-state index < -0.39 is 14.1 Å². The molecule has 0 amide bonds. The molecule has 9 heavy (non-hydrogen) atoms. The molecule has 0 bridgehead atoms. The topological polar surface area (TPSA) is 83.5 Å². The second-order valence-corrected chi connectivity index (χ2v) is 2.91. The molecule has 0 radical (unpaired) electrons. The molecule has 0 heterocycles. The maximum absolute atomic E-state index is 10.0. The Balaban J connectivity index is 3.16. The number of nitrogens with two attached hydrogens (primary N) is 1. The molecule has 2 atom stereocenters. The van der Waals surface area contributed by atoms with Crippen molar-refractivity contribution < 1.29 is 14.6 Å². The summed E-state index contributed by atoms with van der Waals surface area (Å²) in [6.45, 7) is 0.156. The minimum atomic E-state index is -2.10. The standard InChI is InChI=1S/C4H10NO3P/c5-3-4(6)1-2-9(7)8/h4,6H,1-3,5H2/p+1/t4-/m0/s1. The molecule has 0 aliphatic carbocycles. The molecule has 4 N–H and O–H groups in total. The molecule has 0 spiro atoms. The third-order valence-corrected chi connectivity index (χ3v) is 1.57. The fourth-order valence-corrected chi connectivity index (χ4v) is 0.896. The molecular weight excluding hydrogens is 141 g/mol. The van der Waals surface area contributed by atoms with E-state index in [0.717, 1.165) is 0 Å². The van der Waals surface area contributed by atoms with Crippen molar-refractivity contribution >= 4 is 8.03 Å². The third-order valence-electron chi connectivity index (χ3n) is 0.926. The summed E-state index contributed by atoms with van der Waals surface area (Å²) in [6, 6.07) is 0. The quantitative estimate of drug-likeness (QED) is 0.471. The Labute approximate surface area is 54.6 Å². The summed E-state index contributed by atoms with van der Waals surface area (Å²) < 4.78 is 10.0. The molecule has 0 aromatic heterocycles. The van der Waals surface area contributed by atoms with Crippen molar-refractivity contribution in [2.24, 2.45) is 5.73 Å². The van der Waals surface area contributed by atoms with E-state index in [0.29, 0.717) is 6.42 Å². The summed E-state index contributed by atoms with van der Waals surface area (Å²) in [5, 5.41) is 8.74. The summed E-state index contributed by atoms with van der Waals surface area (Å²) >= 11 is 0. The summed E-state index contributed by atoms with van der Waals surface area (Å²) in [7, 11) is -2.10. The summed E-state index contributed by atoms with van der Waals surface area (Å²) in [5.74, 6) is 0. The molecule has 1 unspecified atom stereocenters. The molecule has 0 rings (SSSR count). The largest absolute Gasteiger partial charge is 0.505 e. The van der Waals surface area contributed by atoms with Gasteiger partial charge in [-0.05, 0) is 4.57 Å². The average Bonchev–Trinajstić information content (AvgIpc) is 1.83. The van der Waals surface area contributed by atoms with E-state index in [4.69, 9.17) is 15.7 Å². The number of hydrogen-bond acceptors (Lipinski definition) is 3. The summed E-state index contributed by atoms with van der Waals surface area (Å²) in [6.07, 6.45) is -0.188. The minimum absolute atomic E-state index is 0.133. The first kappa shape index (κ1) is 8.98. The molecule has 5 heteroatoms. The molecule has 4 nitrogen and oxygen atoms in total. The van der Waals surface area contributed by atoms with Crippen LogP contribution in [-0.4, -0.2) is 28.8 Å². The first-order valence-corrected chi connectivity index (χ1v) is 4.08. The molecule has 0 aromatic carbocycles. The Morgan fingerprint density at radius 1 is 1.67 bits per heavy atom. The van der Waals surface area contributed by atoms with Gasteiger partial charge >= 0.3 is 8.03 Å². The zero-order chi connectivity index (χ0) is 7.28. The average molecular weight is 152 g/mol. The minimum Gasteiger partial charge on any atom is -0.392 e. The van der Waals surface area contributed by atoms with Crippen molar-refractivity contribution in [3.8, 4) is 0 Å². The van der Waals surface area contributed by atoms with Crippen LogP contribution in [0.5, 0.6) is 0 Å². The van der Waals surface area contributed by atoms with Crippen molar-refractivity contribution in [2.75, 3.05) is 12.7 Å². The second kappa shape index (κ2) is 4.82. The van der Waals surface area contributed by atoms with Crippen LogP contribution < -0.4 is 5.73 Å². The highest BCUT2D eigenvalue weighted by molar-refractivity contribution is 7.37. The first-order valence-electron chi connectivity index (χ1n) is 2.68. The Hall–Kier alpha value is -0.0200. The molecule has 54 valence electrons. The fourth-order valence-electron chi connectivity index (χ4n) is 0.377. The lowest BCUT2D eigenvalue weighted by atomic mass is 10.3. The number of aliphatic hydroxyl groups excluding tert-OH is 1. The SMILES string of the molecule is NC[C@@H](O)CC[P+](=O)O. The van der Waals surface area contributed by atoms with Gasteiger partial charge in [-0.25, -0.2) is 0 Å². The highest BCUT2D eigenvalue weighted by Gasteiger charge is 2.12. The molecular formula is C4H11NO3P+. The van der Waals surface area contributed by atoms with Gasteiger partial charge in [0.15, 0.2) is 6.16 Å². The molecule has 0 aliphatic rings. The Morgan fingerprint density at radius 2 is 2.22 bits per heavy atom. The maximum atomic E-state index is 10.0. The van der Waals surface area contributed by atoms with Crippen LogP contribution in [0, 0.1) is 0 Å². The zero-order valence-electron chi connectivity index (χ0n) is 5.03. The van der Waals surface area contributed by atoms with Crippen molar-refractivity contribution in [1.82, 2.24) is 0 Å². The molecule has 0 aliphatic heterocycles. The Morgan fingerprint density at radius 3 is 2.56 bits per heavy atom. The summed E-state index contributed by atoms with van der Waals surface area (Å²) in [4.78, 5) is 8.25. The number of hydrogen-bond donors (Lipinski definition) is 3. The van der Waals surface area contributed by atoms with Gasteiger partial charge in [0.25, 0.3) is 0 Å². The van der Waals surface area contributed by atoms with Gasteiger partial charge in [0.2, 0.25) is 0 Å². The van der Waals surface area contributed by atoms with Crippen molar-refractivity contribution in [1.29, 1.82) is 0 Å². The number of aliphatic hydroxyl groups is 1. The molecule has 0 saturated carbocycles. The van der Waals surface area contributed by atoms with E-state index in [9.17, 15) is 4.57 Å². The van der Waals surface area contributed by atoms with Gasteiger partial charge in [-0.3, -0.25) is 0 Å². The lowest BCUT2D eigenvalue weighted by Crippen LogP contribution is -2.19. The maximum Gasteiger partial charge on any atom is 0.505 e. The second-order valence-electron chi connectivity index (χ2n) is 1.75. The van der Waals surface area contributed by atoms with Crippen LogP contribution in [0.4, 0.5) is 0 Å². The molecule has 0 fully saturated rings. The lowest BCUT2D eigenvalue weighted by molar-refractivity contribution is 0.179. The van der Waals surface area contributed by atoms with Gasteiger partial charge in [0, 0.05) is 13.0 Å². The smallest absolute Gasteiger partial charge is 0.392 e. The predicted molar refractivity (Wildman–Crippen MR) is 34.4 cm³/mol. The van der Waals surface area contributed by atoms with E-state index >= 15 is 0 Å². The molecule has 0 aromatic rings. The highest BCUT2D eigenvalue weighted by atomic mass is 31.1. The predicted octanol–water partition coefficient (Wildman–Crippen LogP) is -0.569. The van der Waals surface area contributed by atoms with Gasteiger partial charge in [0.05, 0.1) is 6.10 Å². The van der Waals surface area contributed by atoms with Gasteiger partial charge < -0.3 is 10.8 Å². The lowest BCUT2D eigenvalue weighted by Gasteiger charge is -1.99. The van der Waals surface area contributed by atoms with Gasteiger partial charge in [-0.1, -0.05) is 0 Å². The third kappa shape index (κ3) is 5.86. The van der Waals surface area contributed by atoms with Crippen LogP contribution in [0.2, 0.25) is 0 Å². The van der Waals surface area contributed by atoms with Crippen molar-refractivity contribution in [3.63, 3.8) is 0 Å². The van der Waals surface area contributed by atoms with Crippen molar-refractivity contribution in [2.45, 2.75) is 12.5 Å². The normalized spacial score (nSPS) is 15.2. The van der Waals surface area contributed by atoms with E-state index in [-0.39, 0.29) is 12.7 Å². The van der Waals surface area contributed by atoms with Crippen LogP contribution in [0.3, 0.4) is 0 Å². The van der Waals surface area contributed by atoms with Crippen LogP contribution in [-0.2, 0) is 4.57 Å². The van der Waals surface area contributed by atoms with Crippen molar-refractivity contribution in [3.05, 3.63) is 0 Å². The zero-order valence-corrected chi connectivity index (χ0v) is 5.92. The fraction of sp³-hybridized carbons (Fsp3) is 1.00. The Bertz CT molecular complexity index is 97.8. The van der Waals surface area contributed by atoms with Crippen LogP contribution in [0.1, 0.15) is 6.42 Å². The van der Waals surface area contributed by atoms with E-state index in [1.54, 1.807) is 0 Å². The van der Waals surface area contributed by atoms with Crippen LogP contribution in [0.15, 0.2) is 0 Å². The number of rotatable bonds is 4. The van der Waals surface area contributed by atoms with E-state index in [1.165, 1.54) is 0 Å². The monoisotopic (exact) mass is 152 g/mol. The van der Waals surface area contributed by atoms with Crippen LogP contribution in [0.25, 0.3) is 0 Å². The van der Waals surface area contributed by atoms with E-state index in [1.807, 2.05) is 0 Å². The van der Waals surface area contributed by atoms with Gasteiger partial charge in [-0.15, -0.1) is 0 Å². The van der Waals surface area contributed by atoms with Crippen LogP contribution >= 0.6 is 8.03 Å². The molecule has 0 saturated heterocycles. The highest BCUT2D eigenvalue weighted by Crippen LogP contribution is 2.14. The summed E-state index contributed by atoms with van der Waals surface area (Å²) in [5.41, 5.74) is 5.03. The van der Waals surface area contributed by atoms with E-state index in [2.05, 4.69) is 0 Å². The Kier molecular flexibility index (Phi) is 4.81. The van der Waals surface area contributed by atoms with Gasteiger partial charge in [0.1, 0.15) is 0 Å². The first-order chi connectivity index (χ1) is 4.16.